The molecule has 1 saturated carbocycles. The molecule has 0 unspecified atom stereocenters. The van der Waals surface area contributed by atoms with Crippen molar-refractivity contribution in [2.45, 2.75) is 57.7 Å². The van der Waals surface area contributed by atoms with Gasteiger partial charge in [0.25, 0.3) is 5.91 Å². The Labute approximate surface area is 201 Å². The van der Waals surface area contributed by atoms with Crippen LogP contribution in [0.15, 0.2) is 66.7 Å². The monoisotopic (exact) mass is 459 g/mol. The van der Waals surface area contributed by atoms with Crippen LogP contribution in [-0.2, 0) is 11.3 Å². The zero-order valence-electron chi connectivity index (χ0n) is 19.9. The fraction of sp³-hybridized carbons (Fsp3) is 0.357. The van der Waals surface area contributed by atoms with Gasteiger partial charge in [-0.05, 0) is 55.2 Å². The maximum absolute atomic E-state index is 13.6. The van der Waals surface area contributed by atoms with E-state index in [2.05, 4.69) is 10.3 Å². The molecule has 3 aromatic rings. The third kappa shape index (κ3) is 5.68. The molecule has 1 aromatic heterocycles. The highest BCUT2D eigenvalue weighted by Gasteiger charge is 2.29. The Morgan fingerprint density at radius 2 is 1.71 bits per heavy atom. The molecular weight excluding hydrogens is 426 g/mol. The number of aromatic amines is 1. The van der Waals surface area contributed by atoms with Crippen molar-refractivity contribution >= 4 is 11.8 Å². The van der Waals surface area contributed by atoms with Crippen LogP contribution in [0.25, 0.3) is 11.3 Å². The third-order valence-corrected chi connectivity index (χ3v) is 6.57. The second-order valence-corrected chi connectivity index (χ2v) is 8.95. The first kappa shape index (κ1) is 23.6. The second kappa shape index (κ2) is 11.1. The Morgan fingerprint density at radius 3 is 2.38 bits per heavy atom. The van der Waals surface area contributed by atoms with E-state index >= 15 is 0 Å². The molecule has 0 bridgehead atoms. The number of carbonyl (C=O) groups excluding carboxylic acids is 2. The molecule has 34 heavy (non-hydrogen) atoms. The van der Waals surface area contributed by atoms with Gasteiger partial charge in [-0.3, -0.25) is 9.59 Å². The van der Waals surface area contributed by atoms with E-state index < -0.39 is 6.04 Å². The number of carbonyl (C=O) groups is 2. The van der Waals surface area contributed by atoms with Gasteiger partial charge in [-0.15, -0.1) is 0 Å². The summed E-state index contributed by atoms with van der Waals surface area (Å²) in [5, 5.41) is 3.18. The molecule has 2 N–H and O–H groups in total. The summed E-state index contributed by atoms with van der Waals surface area (Å²) in [5.41, 5.74) is 3.27. The van der Waals surface area contributed by atoms with Gasteiger partial charge in [-0.25, -0.2) is 0 Å². The van der Waals surface area contributed by atoms with Gasteiger partial charge in [0.05, 0.1) is 7.11 Å². The fourth-order valence-electron chi connectivity index (χ4n) is 4.48. The molecule has 1 aliphatic carbocycles. The Bertz CT molecular complexity index is 1090. The molecule has 0 saturated heterocycles. The summed E-state index contributed by atoms with van der Waals surface area (Å²) in [6.07, 6.45) is 5.50. The van der Waals surface area contributed by atoms with Crippen LogP contribution in [0.4, 0.5) is 0 Å². The highest BCUT2D eigenvalue weighted by atomic mass is 16.5. The molecule has 178 valence electrons. The standard InChI is InChI=1S/C28H33N3O3/c1-20(27(32)29-23-11-7-4-8-12-23)31(19-21-13-15-24(34-2)16-14-21)28(33)26-18-17-25(30-26)22-9-5-3-6-10-22/h3,5-6,9-10,13-18,20,23,30H,4,7-8,11-12,19H2,1-2H3,(H,29,32)/t20-/m1/s1. The molecule has 1 fully saturated rings. The lowest BCUT2D eigenvalue weighted by atomic mass is 9.95. The number of rotatable bonds is 8. The molecule has 1 heterocycles. The van der Waals surface area contributed by atoms with Crippen LogP contribution in [0.2, 0.25) is 0 Å². The summed E-state index contributed by atoms with van der Waals surface area (Å²) < 4.78 is 5.26. The average Bonchev–Trinajstić information content (AvgIpc) is 3.38. The maximum Gasteiger partial charge on any atom is 0.271 e. The number of nitrogens with one attached hydrogen (secondary N) is 2. The average molecular weight is 460 g/mol. The topological polar surface area (TPSA) is 74.4 Å². The molecule has 1 aliphatic rings. The minimum absolute atomic E-state index is 0.108. The number of H-pyrrole nitrogens is 1. The zero-order chi connectivity index (χ0) is 23.9. The van der Waals surface area contributed by atoms with E-state index in [0.29, 0.717) is 12.2 Å². The summed E-state index contributed by atoms with van der Waals surface area (Å²) in [5.74, 6) is 0.439. The van der Waals surface area contributed by atoms with Crippen LogP contribution in [-0.4, -0.2) is 40.9 Å². The molecule has 0 spiro atoms. The summed E-state index contributed by atoms with van der Waals surface area (Å²) in [7, 11) is 1.62. The number of hydrogen-bond acceptors (Lipinski definition) is 3. The molecule has 6 nitrogen and oxygen atoms in total. The first-order valence-electron chi connectivity index (χ1n) is 12.0. The van der Waals surface area contributed by atoms with E-state index in [-0.39, 0.29) is 17.9 Å². The number of methoxy groups -OCH3 is 1. The predicted molar refractivity (Wildman–Crippen MR) is 134 cm³/mol. The van der Waals surface area contributed by atoms with E-state index in [4.69, 9.17) is 4.74 Å². The first-order valence-corrected chi connectivity index (χ1v) is 12.0. The predicted octanol–water partition coefficient (Wildman–Crippen LogP) is 5.17. The second-order valence-electron chi connectivity index (χ2n) is 8.95. The number of nitrogens with zero attached hydrogens (tertiary/aromatic N) is 1. The van der Waals surface area contributed by atoms with Crippen molar-refractivity contribution in [1.82, 2.24) is 15.2 Å². The van der Waals surface area contributed by atoms with Gasteiger partial charge in [0.2, 0.25) is 5.91 Å². The number of amides is 2. The summed E-state index contributed by atoms with van der Waals surface area (Å²) in [6, 6.07) is 20.7. The van der Waals surface area contributed by atoms with Gasteiger partial charge in [0, 0.05) is 18.3 Å². The molecule has 2 amide bonds. The molecule has 0 radical (unpaired) electrons. The van der Waals surface area contributed by atoms with E-state index in [1.807, 2.05) is 60.7 Å². The smallest absolute Gasteiger partial charge is 0.271 e. The van der Waals surface area contributed by atoms with Crippen LogP contribution in [0.1, 0.15) is 55.1 Å². The summed E-state index contributed by atoms with van der Waals surface area (Å²) in [4.78, 5) is 31.7. The van der Waals surface area contributed by atoms with Crippen LogP contribution >= 0.6 is 0 Å². The van der Waals surface area contributed by atoms with Crippen molar-refractivity contribution in [2.24, 2.45) is 0 Å². The lowest BCUT2D eigenvalue weighted by molar-refractivity contribution is -0.126. The molecule has 1 atom stereocenters. The number of aromatic nitrogens is 1. The Morgan fingerprint density at radius 1 is 1.00 bits per heavy atom. The first-order chi connectivity index (χ1) is 16.5. The Hall–Kier alpha value is -3.54. The summed E-state index contributed by atoms with van der Waals surface area (Å²) >= 11 is 0. The van der Waals surface area contributed by atoms with Gasteiger partial charge < -0.3 is 19.9 Å². The van der Waals surface area contributed by atoms with E-state index in [0.717, 1.165) is 48.3 Å². The van der Waals surface area contributed by atoms with Crippen molar-refractivity contribution in [3.05, 3.63) is 78.0 Å². The van der Waals surface area contributed by atoms with Crippen LogP contribution in [0.5, 0.6) is 5.75 Å². The minimum atomic E-state index is -0.611. The largest absolute Gasteiger partial charge is 0.497 e. The van der Waals surface area contributed by atoms with Gasteiger partial charge in [0.1, 0.15) is 17.5 Å². The molecular formula is C28H33N3O3. The number of ether oxygens (including phenoxy) is 1. The van der Waals surface area contributed by atoms with E-state index in [1.165, 1.54) is 6.42 Å². The van der Waals surface area contributed by atoms with Crippen LogP contribution < -0.4 is 10.1 Å². The van der Waals surface area contributed by atoms with Crippen LogP contribution in [0.3, 0.4) is 0 Å². The quantitative estimate of drug-likeness (QED) is 0.488. The molecule has 6 heteroatoms. The fourth-order valence-corrected chi connectivity index (χ4v) is 4.48. The number of benzene rings is 2. The normalized spacial score (nSPS) is 14.9. The van der Waals surface area contributed by atoms with Crippen molar-refractivity contribution in [1.29, 1.82) is 0 Å². The lowest BCUT2D eigenvalue weighted by Crippen LogP contribution is -2.50. The van der Waals surface area contributed by atoms with Gasteiger partial charge in [0.15, 0.2) is 0 Å². The third-order valence-electron chi connectivity index (χ3n) is 6.57. The highest BCUT2D eigenvalue weighted by Crippen LogP contribution is 2.22. The molecule has 4 rings (SSSR count). The van der Waals surface area contributed by atoms with E-state index in [9.17, 15) is 9.59 Å². The lowest BCUT2D eigenvalue weighted by Gasteiger charge is -2.31. The Kier molecular flexibility index (Phi) is 7.68. The number of hydrogen-bond donors (Lipinski definition) is 2. The highest BCUT2D eigenvalue weighted by molar-refractivity contribution is 5.96. The summed E-state index contributed by atoms with van der Waals surface area (Å²) in [6.45, 7) is 2.13. The molecule has 2 aromatic carbocycles. The Balaban J connectivity index is 1.56. The SMILES string of the molecule is COc1ccc(CN(C(=O)c2ccc(-c3ccccc3)[nH]2)[C@H](C)C(=O)NC2CCCCC2)cc1. The maximum atomic E-state index is 13.6. The zero-order valence-corrected chi connectivity index (χ0v) is 19.9. The van der Waals surface area contributed by atoms with Crippen molar-refractivity contribution < 1.29 is 14.3 Å². The molecule has 0 aliphatic heterocycles. The van der Waals surface area contributed by atoms with E-state index in [1.54, 1.807) is 25.0 Å². The van der Waals surface area contributed by atoms with Gasteiger partial charge in [-0.2, -0.15) is 0 Å². The minimum Gasteiger partial charge on any atom is -0.497 e. The van der Waals surface area contributed by atoms with Crippen molar-refractivity contribution in [3.63, 3.8) is 0 Å². The van der Waals surface area contributed by atoms with Crippen molar-refractivity contribution in [2.75, 3.05) is 7.11 Å². The van der Waals surface area contributed by atoms with Crippen LogP contribution in [0, 0.1) is 0 Å². The van der Waals surface area contributed by atoms with Crippen molar-refractivity contribution in [3.8, 4) is 17.0 Å². The van der Waals surface area contributed by atoms with Gasteiger partial charge >= 0.3 is 0 Å². The van der Waals surface area contributed by atoms with Gasteiger partial charge in [-0.1, -0.05) is 61.7 Å².